The van der Waals surface area contributed by atoms with E-state index < -0.39 is 0 Å². The Morgan fingerprint density at radius 1 is 1.30 bits per heavy atom. The highest BCUT2D eigenvalue weighted by Gasteiger charge is 2.22. The minimum atomic E-state index is -0.287. The Balaban J connectivity index is 1.73. The highest BCUT2D eigenvalue weighted by Crippen LogP contribution is 2.31. The van der Waals surface area contributed by atoms with E-state index in [0.717, 1.165) is 23.3 Å². The number of hydrogen-bond acceptors (Lipinski definition) is 3. The molecule has 116 valence electrons. The fourth-order valence-electron chi connectivity index (χ4n) is 2.63. The molecule has 1 aliphatic heterocycles. The van der Waals surface area contributed by atoms with Crippen molar-refractivity contribution in [3.63, 3.8) is 0 Å². The van der Waals surface area contributed by atoms with Crippen molar-refractivity contribution < 1.29 is 9.53 Å². The molecular weight excluding hydrogens is 290 g/mol. The van der Waals surface area contributed by atoms with E-state index in [1.807, 2.05) is 37.3 Å². The maximum Gasteiger partial charge on any atom is 0.319 e. The van der Waals surface area contributed by atoms with E-state index >= 15 is 0 Å². The molecule has 2 amide bonds. The van der Waals surface area contributed by atoms with Gasteiger partial charge in [-0.2, -0.15) is 5.26 Å². The summed E-state index contributed by atoms with van der Waals surface area (Å²) in [7, 11) is 0. The average Bonchev–Trinajstić information content (AvgIpc) is 2.57. The van der Waals surface area contributed by atoms with Gasteiger partial charge in [0.25, 0.3) is 0 Å². The molecule has 1 aliphatic rings. The van der Waals surface area contributed by atoms with Crippen LogP contribution in [0.25, 0.3) is 0 Å². The van der Waals surface area contributed by atoms with Gasteiger partial charge in [0, 0.05) is 17.7 Å². The SMILES string of the molecule is Cc1ccc(C#N)cc1NC(=O)N[C@@H]1CCOc2ccccc21. The first-order chi connectivity index (χ1) is 11.2. The van der Waals surface area contributed by atoms with Gasteiger partial charge in [-0.1, -0.05) is 24.3 Å². The van der Waals surface area contributed by atoms with Crippen molar-refractivity contribution in [3.8, 4) is 11.8 Å². The van der Waals surface area contributed by atoms with Crippen LogP contribution >= 0.6 is 0 Å². The Hall–Kier alpha value is -3.00. The Morgan fingerprint density at radius 3 is 2.96 bits per heavy atom. The van der Waals surface area contributed by atoms with E-state index in [4.69, 9.17) is 10.00 Å². The lowest BCUT2D eigenvalue weighted by molar-refractivity contribution is 0.232. The number of amides is 2. The van der Waals surface area contributed by atoms with E-state index in [9.17, 15) is 4.79 Å². The number of nitriles is 1. The number of rotatable bonds is 2. The molecule has 3 rings (SSSR count). The van der Waals surface area contributed by atoms with Crippen molar-refractivity contribution >= 4 is 11.7 Å². The number of fused-ring (bicyclic) bond motifs is 1. The zero-order valence-electron chi connectivity index (χ0n) is 12.8. The van der Waals surface area contributed by atoms with Crippen LogP contribution in [0.2, 0.25) is 0 Å². The maximum atomic E-state index is 12.3. The number of hydrogen-bond donors (Lipinski definition) is 2. The van der Waals surface area contributed by atoms with Gasteiger partial charge in [-0.3, -0.25) is 0 Å². The van der Waals surface area contributed by atoms with Crippen molar-refractivity contribution in [1.82, 2.24) is 5.32 Å². The number of nitrogens with one attached hydrogen (secondary N) is 2. The van der Waals surface area contributed by atoms with Crippen LogP contribution < -0.4 is 15.4 Å². The highest BCUT2D eigenvalue weighted by atomic mass is 16.5. The van der Waals surface area contributed by atoms with Gasteiger partial charge in [-0.05, 0) is 30.7 Å². The first-order valence-electron chi connectivity index (χ1n) is 7.47. The molecule has 0 saturated carbocycles. The summed E-state index contributed by atoms with van der Waals surface area (Å²) in [6, 6.07) is 14.6. The van der Waals surface area contributed by atoms with Gasteiger partial charge in [0.15, 0.2) is 0 Å². The van der Waals surface area contributed by atoms with Crippen LogP contribution in [0.15, 0.2) is 42.5 Å². The first-order valence-corrected chi connectivity index (χ1v) is 7.47. The Kier molecular flexibility index (Phi) is 4.15. The van der Waals surface area contributed by atoms with Crippen LogP contribution in [-0.4, -0.2) is 12.6 Å². The topological polar surface area (TPSA) is 74.2 Å². The molecule has 0 fully saturated rings. The molecule has 5 heteroatoms. The van der Waals surface area contributed by atoms with Gasteiger partial charge >= 0.3 is 6.03 Å². The molecule has 2 aromatic rings. The standard InChI is InChI=1S/C18H17N3O2/c1-12-6-7-13(11-19)10-16(12)21-18(22)20-15-8-9-23-17-5-3-2-4-14(15)17/h2-7,10,15H,8-9H2,1H3,(H2,20,21,22)/t15-/m1/s1. The quantitative estimate of drug-likeness (QED) is 0.891. The molecular formula is C18H17N3O2. The van der Waals surface area contributed by atoms with Crippen molar-refractivity contribution in [3.05, 3.63) is 59.2 Å². The van der Waals surface area contributed by atoms with Gasteiger partial charge in [0.2, 0.25) is 0 Å². The van der Waals surface area contributed by atoms with Crippen LogP contribution in [0.5, 0.6) is 5.75 Å². The van der Waals surface area contributed by atoms with Crippen molar-refractivity contribution in [2.75, 3.05) is 11.9 Å². The molecule has 23 heavy (non-hydrogen) atoms. The second kappa shape index (κ2) is 6.41. The molecule has 0 saturated heterocycles. The monoisotopic (exact) mass is 307 g/mol. The summed E-state index contributed by atoms with van der Waals surface area (Å²) in [6.45, 7) is 2.46. The van der Waals surface area contributed by atoms with Gasteiger partial charge in [-0.15, -0.1) is 0 Å². The third-order valence-corrected chi connectivity index (χ3v) is 3.88. The summed E-state index contributed by atoms with van der Waals surface area (Å²) in [5, 5.41) is 14.8. The molecule has 0 aromatic heterocycles. The van der Waals surface area contributed by atoms with Crippen LogP contribution in [0.3, 0.4) is 0 Å². The molecule has 0 bridgehead atoms. The molecule has 5 nitrogen and oxygen atoms in total. The van der Waals surface area contributed by atoms with Gasteiger partial charge in [0.1, 0.15) is 5.75 Å². The Morgan fingerprint density at radius 2 is 2.13 bits per heavy atom. The fourth-order valence-corrected chi connectivity index (χ4v) is 2.63. The summed E-state index contributed by atoms with van der Waals surface area (Å²) >= 11 is 0. The first kappa shape index (κ1) is 14.9. The van der Waals surface area contributed by atoms with Crippen LogP contribution in [0.1, 0.15) is 29.2 Å². The molecule has 1 heterocycles. The molecule has 0 radical (unpaired) electrons. The van der Waals surface area contributed by atoms with Crippen LogP contribution in [0, 0.1) is 18.3 Å². The molecule has 0 unspecified atom stereocenters. The molecule has 1 atom stereocenters. The zero-order chi connectivity index (χ0) is 16.2. The molecule has 0 spiro atoms. The van der Waals surface area contributed by atoms with Gasteiger partial charge in [0.05, 0.1) is 24.3 Å². The third kappa shape index (κ3) is 3.27. The van der Waals surface area contributed by atoms with Crippen molar-refractivity contribution in [2.24, 2.45) is 0 Å². The number of anilines is 1. The maximum absolute atomic E-state index is 12.3. The highest BCUT2D eigenvalue weighted by molar-refractivity contribution is 5.90. The largest absolute Gasteiger partial charge is 0.493 e. The average molecular weight is 307 g/mol. The van der Waals surface area contributed by atoms with Crippen LogP contribution in [-0.2, 0) is 0 Å². The predicted octanol–water partition coefficient (Wildman–Crippen LogP) is 3.51. The van der Waals surface area contributed by atoms with Crippen molar-refractivity contribution in [2.45, 2.75) is 19.4 Å². The second-order valence-electron chi connectivity index (χ2n) is 5.47. The molecule has 2 aromatic carbocycles. The smallest absolute Gasteiger partial charge is 0.319 e. The zero-order valence-corrected chi connectivity index (χ0v) is 12.8. The Bertz CT molecular complexity index is 780. The van der Waals surface area contributed by atoms with Gasteiger partial charge in [-0.25, -0.2) is 4.79 Å². The summed E-state index contributed by atoms with van der Waals surface area (Å²) in [5.74, 6) is 0.812. The van der Waals surface area contributed by atoms with E-state index in [-0.39, 0.29) is 12.1 Å². The molecule has 0 aliphatic carbocycles. The van der Waals surface area contributed by atoms with Crippen LogP contribution in [0.4, 0.5) is 10.5 Å². The van der Waals surface area contributed by atoms with E-state index in [2.05, 4.69) is 16.7 Å². The molecule has 2 N–H and O–H groups in total. The lowest BCUT2D eigenvalue weighted by Gasteiger charge is -2.26. The summed E-state index contributed by atoms with van der Waals surface area (Å²) in [5.41, 5.74) is 3.05. The predicted molar refractivity (Wildman–Crippen MR) is 87.3 cm³/mol. The number of ether oxygens (including phenoxy) is 1. The van der Waals surface area contributed by atoms with E-state index in [0.29, 0.717) is 17.9 Å². The lowest BCUT2D eigenvalue weighted by atomic mass is 10.0. The number of aryl methyl sites for hydroxylation is 1. The van der Waals surface area contributed by atoms with Gasteiger partial charge < -0.3 is 15.4 Å². The number of urea groups is 1. The number of carbonyl (C=O) groups is 1. The Labute approximate surface area is 134 Å². The number of para-hydroxylation sites is 1. The summed E-state index contributed by atoms with van der Waals surface area (Å²) in [4.78, 5) is 12.3. The fraction of sp³-hybridized carbons (Fsp3) is 0.222. The minimum Gasteiger partial charge on any atom is -0.493 e. The normalized spacial score (nSPS) is 15.7. The number of carbonyl (C=O) groups excluding carboxylic acids is 1. The summed E-state index contributed by atoms with van der Waals surface area (Å²) < 4.78 is 5.60. The number of nitrogens with zero attached hydrogens (tertiary/aromatic N) is 1. The summed E-state index contributed by atoms with van der Waals surface area (Å²) in [6.07, 6.45) is 0.724. The third-order valence-electron chi connectivity index (χ3n) is 3.88. The minimum absolute atomic E-state index is 0.0839. The second-order valence-corrected chi connectivity index (χ2v) is 5.47. The lowest BCUT2D eigenvalue weighted by Crippen LogP contribution is -2.35. The van der Waals surface area contributed by atoms with E-state index in [1.165, 1.54) is 0 Å². The van der Waals surface area contributed by atoms with Crippen molar-refractivity contribution in [1.29, 1.82) is 5.26 Å². The van der Waals surface area contributed by atoms with E-state index in [1.54, 1.807) is 12.1 Å². The number of benzene rings is 2.